The Balaban J connectivity index is 2.73. The number of carbonyl (C=O) groups excluding carboxylic acids is 1. The maximum Gasteiger partial charge on any atom is 0.225 e. The molecule has 22 heavy (non-hydrogen) atoms. The SMILES string of the molecule is CC(C)(C)N(CCC(=O)Nc1ccc(Cl)cc1Cl)S(C)(=O)=O. The average Bonchev–Trinajstić information content (AvgIpc) is 2.29. The summed E-state index contributed by atoms with van der Waals surface area (Å²) in [6, 6.07) is 4.73. The molecule has 0 atom stereocenters. The van der Waals surface area contributed by atoms with Crippen LogP contribution in [0.3, 0.4) is 0 Å². The summed E-state index contributed by atoms with van der Waals surface area (Å²) in [6.45, 7) is 5.44. The summed E-state index contributed by atoms with van der Waals surface area (Å²) < 4.78 is 24.9. The summed E-state index contributed by atoms with van der Waals surface area (Å²) in [5, 5.41) is 3.45. The molecule has 0 aromatic heterocycles. The number of hydrogen-bond acceptors (Lipinski definition) is 3. The summed E-state index contributed by atoms with van der Waals surface area (Å²) in [5.41, 5.74) is -0.149. The Morgan fingerprint density at radius 2 is 1.86 bits per heavy atom. The first kappa shape index (κ1) is 19.2. The summed E-state index contributed by atoms with van der Waals surface area (Å²) in [7, 11) is -3.40. The molecular weight excluding hydrogens is 347 g/mol. The fraction of sp³-hybridized carbons (Fsp3) is 0.500. The second kappa shape index (κ2) is 7.17. The topological polar surface area (TPSA) is 66.5 Å². The number of carbonyl (C=O) groups is 1. The second-order valence-electron chi connectivity index (χ2n) is 5.93. The highest BCUT2D eigenvalue weighted by molar-refractivity contribution is 7.88. The molecule has 0 bridgehead atoms. The number of anilines is 1. The Hall–Kier alpha value is -0.820. The van der Waals surface area contributed by atoms with E-state index in [1.165, 1.54) is 10.4 Å². The van der Waals surface area contributed by atoms with Gasteiger partial charge in [0.05, 0.1) is 17.0 Å². The summed E-state index contributed by atoms with van der Waals surface area (Å²) in [6.07, 6.45) is 1.16. The molecule has 5 nitrogen and oxygen atoms in total. The van der Waals surface area contributed by atoms with Crippen molar-refractivity contribution >= 4 is 44.8 Å². The second-order valence-corrected chi connectivity index (χ2v) is 8.68. The van der Waals surface area contributed by atoms with E-state index >= 15 is 0 Å². The number of nitrogens with one attached hydrogen (secondary N) is 1. The minimum absolute atomic E-state index is 0.0310. The largest absolute Gasteiger partial charge is 0.325 e. The lowest BCUT2D eigenvalue weighted by molar-refractivity contribution is -0.116. The van der Waals surface area contributed by atoms with Gasteiger partial charge in [-0.1, -0.05) is 23.2 Å². The molecule has 0 fully saturated rings. The van der Waals surface area contributed by atoms with Crippen molar-refractivity contribution < 1.29 is 13.2 Å². The van der Waals surface area contributed by atoms with Crippen LogP contribution >= 0.6 is 23.2 Å². The van der Waals surface area contributed by atoms with Gasteiger partial charge in [-0.2, -0.15) is 4.31 Å². The molecule has 0 unspecified atom stereocenters. The van der Waals surface area contributed by atoms with E-state index in [-0.39, 0.29) is 18.9 Å². The van der Waals surface area contributed by atoms with Crippen molar-refractivity contribution in [2.24, 2.45) is 0 Å². The molecule has 0 heterocycles. The molecule has 1 aromatic rings. The van der Waals surface area contributed by atoms with E-state index in [4.69, 9.17) is 23.2 Å². The van der Waals surface area contributed by atoms with Gasteiger partial charge < -0.3 is 5.32 Å². The van der Waals surface area contributed by atoms with Crippen molar-refractivity contribution in [3.05, 3.63) is 28.2 Å². The van der Waals surface area contributed by atoms with Gasteiger partial charge in [0, 0.05) is 23.5 Å². The van der Waals surface area contributed by atoms with E-state index in [2.05, 4.69) is 5.32 Å². The summed E-state index contributed by atoms with van der Waals surface area (Å²) in [5.74, 6) is -0.317. The zero-order valence-corrected chi connectivity index (χ0v) is 15.3. The molecule has 0 aliphatic heterocycles. The van der Waals surface area contributed by atoms with Crippen LogP contribution < -0.4 is 5.32 Å². The van der Waals surface area contributed by atoms with Gasteiger partial charge in [-0.05, 0) is 39.0 Å². The molecule has 1 amide bonds. The van der Waals surface area contributed by atoms with E-state index in [0.717, 1.165) is 6.26 Å². The third kappa shape index (κ3) is 5.76. The Labute approximate surface area is 141 Å². The van der Waals surface area contributed by atoms with Gasteiger partial charge in [0.2, 0.25) is 15.9 Å². The predicted octanol–water partition coefficient (Wildman–Crippen LogP) is 3.38. The fourth-order valence-corrected chi connectivity index (χ4v) is 3.88. The summed E-state index contributed by atoms with van der Waals surface area (Å²) in [4.78, 5) is 12.0. The standard InChI is InChI=1S/C14H20Cl2N2O3S/c1-14(2,3)18(22(4,20)21)8-7-13(19)17-12-6-5-10(15)9-11(12)16/h5-6,9H,7-8H2,1-4H3,(H,17,19). The van der Waals surface area contributed by atoms with Crippen molar-refractivity contribution in [2.45, 2.75) is 32.7 Å². The molecule has 1 N–H and O–H groups in total. The number of hydrogen-bond donors (Lipinski definition) is 1. The van der Waals surface area contributed by atoms with E-state index in [9.17, 15) is 13.2 Å². The van der Waals surface area contributed by atoms with Crippen LogP contribution in [0.2, 0.25) is 10.0 Å². The molecule has 0 saturated carbocycles. The molecule has 0 radical (unpaired) electrons. The maximum atomic E-state index is 12.0. The molecule has 0 aliphatic carbocycles. The van der Waals surface area contributed by atoms with Gasteiger partial charge in [-0.15, -0.1) is 0 Å². The van der Waals surface area contributed by atoms with Gasteiger partial charge in [0.1, 0.15) is 0 Å². The number of amides is 1. The van der Waals surface area contributed by atoms with Gasteiger partial charge in [0.15, 0.2) is 0 Å². The summed E-state index contributed by atoms with van der Waals surface area (Å²) >= 11 is 11.8. The third-order valence-corrected chi connectivity index (χ3v) is 4.97. The van der Waals surface area contributed by atoms with E-state index in [1.54, 1.807) is 32.9 Å². The Kier molecular flexibility index (Phi) is 6.27. The number of halogens is 2. The zero-order valence-electron chi connectivity index (χ0n) is 13.0. The highest BCUT2D eigenvalue weighted by atomic mass is 35.5. The van der Waals surface area contributed by atoms with Crippen molar-refractivity contribution in [2.75, 3.05) is 18.1 Å². The lowest BCUT2D eigenvalue weighted by Crippen LogP contribution is -2.46. The number of nitrogens with zero attached hydrogens (tertiary/aromatic N) is 1. The van der Waals surface area contributed by atoms with Gasteiger partial charge in [0.25, 0.3) is 0 Å². The van der Waals surface area contributed by atoms with E-state index in [0.29, 0.717) is 15.7 Å². The molecule has 0 spiro atoms. The third-order valence-electron chi connectivity index (χ3n) is 2.90. The monoisotopic (exact) mass is 366 g/mol. The molecule has 8 heteroatoms. The van der Waals surface area contributed by atoms with Gasteiger partial charge >= 0.3 is 0 Å². The van der Waals surface area contributed by atoms with Crippen molar-refractivity contribution in [3.63, 3.8) is 0 Å². The molecular formula is C14H20Cl2N2O3S. The number of sulfonamides is 1. The van der Waals surface area contributed by atoms with Crippen LogP contribution in [0.5, 0.6) is 0 Å². The first-order valence-corrected chi connectivity index (χ1v) is 9.24. The fourth-order valence-electron chi connectivity index (χ4n) is 2.01. The van der Waals surface area contributed by atoms with Crippen LogP contribution in [0, 0.1) is 0 Å². The molecule has 124 valence electrons. The lowest BCUT2D eigenvalue weighted by Gasteiger charge is -2.33. The molecule has 0 saturated heterocycles. The van der Waals surface area contributed by atoms with E-state index < -0.39 is 15.6 Å². The smallest absolute Gasteiger partial charge is 0.225 e. The quantitative estimate of drug-likeness (QED) is 0.868. The van der Waals surface area contributed by atoms with Crippen LogP contribution in [-0.4, -0.2) is 37.0 Å². The molecule has 1 aromatic carbocycles. The van der Waals surface area contributed by atoms with Crippen molar-refractivity contribution in [3.8, 4) is 0 Å². The minimum atomic E-state index is -3.40. The number of rotatable bonds is 5. The van der Waals surface area contributed by atoms with Gasteiger partial charge in [-0.25, -0.2) is 8.42 Å². The Bertz CT molecular complexity index is 655. The van der Waals surface area contributed by atoms with Crippen molar-refractivity contribution in [1.29, 1.82) is 0 Å². The molecule has 0 aliphatic rings. The van der Waals surface area contributed by atoms with Crippen LogP contribution in [-0.2, 0) is 14.8 Å². The van der Waals surface area contributed by atoms with Crippen molar-refractivity contribution in [1.82, 2.24) is 4.31 Å². The van der Waals surface area contributed by atoms with Crippen LogP contribution in [0.25, 0.3) is 0 Å². The zero-order chi connectivity index (χ0) is 17.1. The van der Waals surface area contributed by atoms with Crippen LogP contribution in [0.15, 0.2) is 18.2 Å². The minimum Gasteiger partial charge on any atom is -0.325 e. The van der Waals surface area contributed by atoms with Crippen LogP contribution in [0.1, 0.15) is 27.2 Å². The normalized spacial score (nSPS) is 12.5. The Morgan fingerprint density at radius 3 is 2.32 bits per heavy atom. The highest BCUT2D eigenvalue weighted by Gasteiger charge is 2.29. The lowest BCUT2D eigenvalue weighted by atomic mass is 10.1. The maximum absolute atomic E-state index is 12.0. The predicted molar refractivity (Wildman–Crippen MR) is 91.0 cm³/mol. The van der Waals surface area contributed by atoms with Gasteiger partial charge in [-0.3, -0.25) is 4.79 Å². The Morgan fingerprint density at radius 1 is 1.27 bits per heavy atom. The van der Waals surface area contributed by atoms with E-state index in [1.807, 2.05) is 0 Å². The first-order valence-electron chi connectivity index (χ1n) is 6.64. The average molecular weight is 367 g/mol. The van der Waals surface area contributed by atoms with Crippen LogP contribution in [0.4, 0.5) is 5.69 Å². The highest BCUT2D eigenvalue weighted by Crippen LogP contribution is 2.25. The molecule has 1 rings (SSSR count). The number of benzene rings is 1. The first-order chi connectivity index (χ1) is 9.91.